The van der Waals surface area contributed by atoms with Crippen LogP contribution in [0.2, 0.25) is 0 Å². The number of aldehydes is 1. The lowest BCUT2D eigenvalue weighted by Crippen LogP contribution is -2.49. The van der Waals surface area contributed by atoms with Crippen molar-refractivity contribution in [2.75, 3.05) is 13.1 Å². The topological polar surface area (TPSA) is 20.3 Å². The van der Waals surface area contributed by atoms with Crippen molar-refractivity contribution < 1.29 is 4.79 Å². The Hall–Kier alpha value is -1.15. The quantitative estimate of drug-likeness (QED) is 0.782. The van der Waals surface area contributed by atoms with Crippen LogP contribution >= 0.6 is 0 Å². The number of carbonyl (C=O) groups is 1. The molecule has 0 radical (unpaired) electrons. The molecule has 0 amide bonds. The first-order valence-corrected chi connectivity index (χ1v) is 7.99. The van der Waals surface area contributed by atoms with Crippen molar-refractivity contribution in [2.45, 2.75) is 50.5 Å². The fourth-order valence-electron chi connectivity index (χ4n) is 4.19. The average Bonchev–Trinajstić information content (AvgIpc) is 2.98. The molecule has 1 aromatic rings. The number of hydrogen-bond acceptors (Lipinski definition) is 2. The minimum absolute atomic E-state index is 0.369. The van der Waals surface area contributed by atoms with Crippen LogP contribution in [0.3, 0.4) is 0 Å². The summed E-state index contributed by atoms with van der Waals surface area (Å²) in [6.45, 7) is 4.13. The molecule has 1 aliphatic heterocycles. The highest BCUT2D eigenvalue weighted by atomic mass is 16.1. The number of piperidine rings is 1. The molecule has 2 heteroatoms. The van der Waals surface area contributed by atoms with Gasteiger partial charge < -0.3 is 4.79 Å². The largest absolute Gasteiger partial charge is 0.302 e. The number of benzene rings is 1. The van der Waals surface area contributed by atoms with E-state index in [0.29, 0.717) is 0 Å². The average molecular weight is 271 g/mol. The Kier molecular flexibility index (Phi) is 3.93. The molecule has 1 aromatic carbocycles. The Labute approximate surface area is 122 Å². The van der Waals surface area contributed by atoms with Crippen LogP contribution in [0.1, 0.15) is 44.6 Å². The van der Waals surface area contributed by atoms with E-state index in [4.69, 9.17) is 0 Å². The third-order valence-corrected chi connectivity index (χ3v) is 5.33. The first-order chi connectivity index (χ1) is 9.73. The van der Waals surface area contributed by atoms with E-state index in [1.807, 2.05) is 18.2 Å². The van der Waals surface area contributed by atoms with Gasteiger partial charge in [-0.2, -0.15) is 0 Å². The van der Waals surface area contributed by atoms with E-state index in [1.165, 1.54) is 32.1 Å². The molecule has 1 saturated heterocycles. The molecular formula is C18H25NO. The van der Waals surface area contributed by atoms with Crippen LogP contribution in [-0.4, -0.2) is 30.3 Å². The van der Waals surface area contributed by atoms with Crippen molar-refractivity contribution in [3.8, 4) is 0 Å². The summed E-state index contributed by atoms with van der Waals surface area (Å²) in [6, 6.07) is 11.0. The monoisotopic (exact) mass is 271 g/mol. The molecule has 0 aromatic heterocycles. The Morgan fingerprint density at radius 3 is 2.70 bits per heavy atom. The molecule has 3 rings (SSSR count). The second-order valence-corrected chi connectivity index (χ2v) is 6.77. The normalized spacial score (nSPS) is 29.6. The van der Waals surface area contributed by atoms with E-state index in [2.05, 4.69) is 24.0 Å². The minimum Gasteiger partial charge on any atom is -0.302 e. The predicted octanol–water partition coefficient (Wildman–Crippen LogP) is 3.41. The van der Waals surface area contributed by atoms with Crippen LogP contribution in [0.25, 0.3) is 0 Å². The van der Waals surface area contributed by atoms with Gasteiger partial charge in [-0.05, 0) is 50.6 Å². The Morgan fingerprint density at radius 1 is 1.20 bits per heavy atom. The summed E-state index contributed by atoms with van der Waals surface area (Å²) in [5, 5.41) is 0. The predicted molar refractivity (Wildman–Crippen MR) is 81.8 cm³/mol. The Morgan fingerprint density at radius 2 is 1.95 bits per heavy atom. The van der Waals surface area contributed by atoms with Crippen molar-refractivity contribution in [2.24, 2.45) is 5.92 Å². The SMILES string of the molecule is CC(C=O)(CN1CCCC2CCCC21)c1ccccc1. The van der Waals surface area contributed by atoms with Crippen LogP contribution in [0.4, 0.5) is 0 Å². The zero-order valence-corrected chi connectivity index (χ0v) is 12.4. The maximum Gasteiger partial charge on any atom is 0.131 e. The van der Waals surface area contributed by atoms with E-state index < -0.39 is 0 Å². The molecule has 1 saturated carbocycles. The number of carbonyl (C=O) groups excluding carboxylic acids is 1. The van der Waals surface area contributed by atoms with Crippen LogP contribution in [0, 0.1) is 5.92 Å². The summed E-state index contributed by atoms with van der Waals surface area (Å²) in [7, 11) is 0. The van der Waals surface area contributed by atoms with Gasteiger partial charge in [-0.1, -0.05) is 36.8 Å². The first kappa shape index (κ1) is 13.8. The van der Waals surface area contributed by atoms with Crippen molar-refractivity contribution in [1.29, 1.82) is 0 Å². The summed E-state index contributed by atoms with van der Waals surface area (Å²) in [4.78, 5) is 14.4. The van der Waals surface area contributed by atoms with Crippen LogP contribution < -0.4 is 0 Å². The maximum absolute atomic E-state index is 11.8. The van der Waals surface area contributed by atoms with Crippen LogP contribution in [-0.2, 0) is 10.2 Å². The van der Waals surface area contributed by atoms with Gasteiger partial charge in [-0.15, -0.1) is 0 Å². The van der Waals surface area contributed by atoms with E-state index in [-0.39, 0.29) is 5.41 Å². The van der Waals surface area contributed by atoms with Gasteiger partial charge in [0.15, 0.2) is 0 Å². The molecule has 20 heavy (non-hydrogen) atoms. The van der Waals surface area contributed by atoms with Crippen molar-refractivity contribution in [1.82, 2.24) is 4.90 Å². The molecule has 2 fully saturated rings. The number of nitrogens with zero attached hydrogens (tertiary/aromatic N) is 1. The first-order valence-electron chi connectivity index (χ1n) is 7.99. The molecule has 0 N–H and O–H groups in total. The van der Waals surface area contributed by atoms with Gasteiger partial charge in [0.05, 0.1) is 5.41 Å². The Bertz CT molecular complexity index is 458. The Balaban J connectivity index is 1.79. The van der Waals surface area contributed by atoms with Gasteiger partial charge in [0.25, 0.3) is 0 Å². The number of rotatable bonds is 4. The van der Waals surface area contributed by atoms with Crippen molar-refractivity contribution in [3.63, 3.8) is 0 Å². The summed E-state index contributed by atoms with van der Waals surface area (Å²) in [5.74, 6) is 0.885. The van der Waals surface area contributed by atoms with Gasteiger partial charge >= 0.3 is 0 Å². The molecule has 108 valence electrons. The lowest BCUT2D eigenvalue weighted by atomic mass is 9.81. The van der Waals surface area contributed by atoms with Gasteiger partial charge in [-0.25, -0.2) is 0 Å². The molecule has 1 aliphatic carbocycles. The summed E-state index contributed by atoms with van der Waals surface area (Å²) >= 11 is 0. The standard InChI is InChI=1S/C18H25NO/c1-18(14-20,16-9-3-2-4-10-16)13-19-12-6-8-15-7-5-11-17(15)19/h2-4,9-10,14-15,17H,5-8,11-13H2,1H3. The molecular weight excluding hydrogens is 246 g/mol. The number of likely N-dealkylation sites (tertiary alicyclic amines) is 1. The highest BCUT2D eigenvalue weighted by Crippen LogP contribution is 2.38. The smallest absolute Gasteiger partial charge is 0.131 e. The third kappa shape index (κ3) is 2.54. The summed E-state index contributed by atoms with van der Waals surface area (Å²) in [5.41, 5.74) is 0.779. The molecule has 0 bridgehead atoms. The third-order valence-electron chi connectivity index (χ3n) is 5.33. The highest BCUT2D eigenvalue weighted by molar-refractivity contribution is 5.68. The fourth-order valence-corrected chi connectivity index (χ4v) is 4.19. The second-order valence-electron chi connectivity index (χ2n) is 6.77. The zero-order chi connectivity index (χ0) is 14.0. The lowest BCUT2D eigenvalue weighted by molar-refractivity contribution is -0.113. The van der Waals surface area contributed by atoms with Crippen molar-refractivity contribution in [3.05, 3.63) is 35.9 Å². The van der Waals surface area contributed by atoms with E-state index in [0.717, 1.165) is 36.9 Å². The maximum atomic E-state index is 11.8. The molecule has 2 aliphatic rings. The molecule has 3 atom stereocenters. The summed E-state index contributed by atoms with van der Waals surface area (Å²) < 4.78 is 0. The molecule has 2 nitrogen and oxygen atoms in total. The minimum atomic E-state index is -0.369. The molecule has 3 unspecified atom stereocenters. The van der Waals surface area contributed by atoms with Gasteiger partial charge in [-0.3, -0.25) is 4.90 Å². The number of hydrogen-bond donors (Lipinski definition) is 0. The molecule has 0 spiro atoms. The van der Waals surface area contributed by atoms with E-state index >= 15 is 0 Å². The highest BCUT2D eigenvalue weighted by Gasteiger charge is 2.38. The summed E-state index contributed by atoms with van der Waals surface area (Å²) in [6.07, 6.45) is 7.93. The van der Waals surface area contributed by atoms with Gasteiger partial charge in [0.2, 0.25) is 0 Å². The second kappa shape index (κ2) is 5.69. The van der Waals surface area contributed by atoms with Crippen molar-refractivity contribution >= 4 is 6.29 Å². The number of fused-ring (bicyclic) bond motifs is 1. The van der Waals surface area contributed by atoms with Gasteiger partial charge in [0.1, 0.15) is 6.29 Å². The fraction of sp³-hybridized carbons (Fsp3) is 0.611. The van der Waals surface area contributed by atoms with Crippen LogP contribution in [0.5, 0.6) is 0 Å². The van der Waals surface area contributed by atoms with E-state index in [9.17, 15) is 4.79 Å². The zero-order valence-electron chi connectivity index (χ0n) is 12.4. The van der Waals surface area contributed by atoms with Gasteiger partial charge in [0, 0.05) is 12.6 Å². The lowest BCUT2D eigenvalue weighted by Gasteiger charge is -2.41. The van der Waals surface area contributed by atoms with Crippen LogP contribution in [0.15, 0.2) is 30.3 Å². The molecule has 1 heterocycles. The van der Waals surface area contributed by atoms with E-state index in [1.54, 1.807) is 0 Å².